The summed E-state index contributed by atoms with van der Waals surface area (Å²) < 4.78 is -1.35. The normalized spacial score (nSPS) is 17.4. The summed E-state index contributed by atoms with van der Waals surface area (Å²) >= 11 is 31.3. The number of carbonyl (C=O) groups is 3. The van der Waals surface area contributed by atoms with Crippen LogP contribution < -0.4 is 16.0 Å². The Morgan fingerprint density at radius 1 is 0.895 bits per heavy atom. The van der Waals surface area contributed by atoms with E-state index in [0.29, 0.717) is 38.2 Å². The highest BCUT2D eigenvalue weighted by Gasteiger charge is 2.67. The van der Waals surface area contributed by atoms with E-state index in [0.717, 1.165) is 0 Å². The molecule has 0 aromatic heterocycles. The zero-order valence-electron chi connectivity index (χ0n) is 19.6. The lowest BCUT2D eigenvalue weighted by atomic mass is 10.1. The van der Waals surface area contributed by atoms with Crippen molar-refractivity contribution in [2.24, 2.45) is 5.92 Å². The number of alkyl halides is 2. The molecule has 2 atom stereocenters. The van der Waals surface area contributed by atoms with Crippen molar-refractivity contribution in [3.05, 3.63) is 86.4 Å². The molecular weight excluding hydrogens is 596 g/mol. The Bertz CT molecular complexity index is 1430. The fourth-order valence-corrected chi connectivity index (χ4v) is 5.68. The van der Waals surface area contributed by atoms with E-state index in [-0.39, 0.29) is 17.1 Å². The van der Waals surface area contributed by atoms with Crippen molar-refractivity contribution in [3.63, 3.8) is 0 Å². The molecule has 0 bridgehead atoms. The maximum Gasteiger partial charge on any atom is 0.322 e. The molecule has 2 amide bonds. The molecule has 3 aromatic carbocycles. The largest absolute Gasteiger partial charge is 0.480 e. The molecule has 0 aliphatic heterocycles. The van der Waals surface area contributed by atoms with Crippen molar-refractivity contribution in [2.75, 3.05) is 22.5 Å². The van der Waals surface area contributed by atoms with Crippen LogP contribution in [0.4, 0.5) is 17.1 Å². The molecule has 3 aromatic rings. The molecular formula is C26H20Cl5N3O4. The Balaban J connectivity index is 1.47. The van der Waals surface area contributed by atoms with Gasteiger partial charge in [0, 0.05) is 33.0 Å². The fourth-order valence-electron chi connectivity index (χ4n) is 4.10. The van der Waals surface area contributed by atoms with Crippen LogP contribution in [-0.4, -0.2) is 33.8 Å². The van der Waals surface area contributed by atoms with Gasteiger partial charge in [0.2, 0.25) is 5.91 Å². The summed E-state index contributed by atoms with van der Waals surface area (Å²) in [5.74, 6) is -3.22. The second-order valence-electron chi connectivity index (χ2n) is 8.75. The number of halogens is 5. The number of aliphatic carboxylic acids is 1. The van der Waals surface area contributed by atoms with E-state index in [2.05, 4.69) is 16.0 Å². The second kappa shape index (κ2) is 11.2. The number of anilines is 3. The molecule has 198 valence electrons. The number of carboxylic acid groups (broad SMARTS) is 1. The summed E-state index contributed by atoms with van der Waals surface area (Å²) in [6.45, 7) is 1.53. The average Bonchev–Trinajstić information content (AvgIpc) is 3.41. The van der Waals surface area contributed by atoms with Gasteiger partial charge >= 0.3 is 5.97 Å². The highest BCUT2D eigenvalue weighted by atomic mass is 35.5. The van der Waals surface area contributed by atoms with Crippen molar-refractivity contribution < 1.29 is 19.5 Å². The van der Waals surface area contributed by atoms with Crippen molar-refractivity contribution in [2.45, 2.75) is 17.2 Å². The first-order valence-electron chi connectivity index (χ1n) is 11.2. The van der Waals surface area contributed by atoms with Gasteiger partial charge in [0.1, 0.15) is 10.9 Å². The number of carbonyl (C=O) groups excluding carboxylic acids is 2. The summed E-state index contributed by atoms with van der Waals surface area (Å²) in [5.41, 5.74) is 2.91. The third-order valence-electron chi connectivity index (χ3n) is 5.98. The Kier molecular flexibility index (Phi) is 8.35. The third kappa shape index (κ3) is 6.30. The molecule has 4 N–H and O–H groups in total. The highest BCUT2D eigenvalue weighted by molar-refractivity contribution is 6.53. The summed E-state index contributed by atoms with van der Waals surface area (Å²) in [5, 5.41) is 18.1. The minimum Gasteiger partial charge on any atom is -0.480 e. The number of carboxylic acids is 1. The zero-order valence-corrected chi connectivity index (χ0v) is 23.4. The van der Waals surface area contributed by atoms with E-state index in [9.17, 15) is 14.4 Å². The number of amides is 2. The number of hydrogen-bond acceptors (Lipinski definition) is 4. The van der Waals surface area contributed by atoms with E-state index in [1.807, 2.05) is 0 Å². The molecule has 4 rings (SSSR count). The molecule has 0 saturated heterocycles. The predicted octanol–water partition coefficient (Wildman–Crippen LogP) is 7.23. The Morgan fingerprint density at radius 2 is 1.55 bits per heavy atom. The molecule has 0 spiro atoms. The summed E-state index contributed by atoms with van der Waals surface area (Å²) in [6.07, 6.45) is 0. The van der Waals surface area contributed by atoms with Crippen LogP contribution in [0.5, 0.6) is 0 Å². The first-order chi connectivity index (χ1) is 17.9. The molecule has 0 radical (unpaired) electrons. The first-order valence-corrected chi connectivity index (χ1v) is 13.1. The molecule has 7 nitrogen and oxygen atoms in total. The average molecular weight is 616 g/mol. The molecule has 1 aliphatic carbocycles. The first kappa shape index (κ1) is 28.3. The Labute approximate surface area is 243 Å². The van der Waals surface area contributed by atoms with E-state index in [1.54, 1.807) is 49.4 Å². The van der Waals surface area contributed by atoms with Gasteiger partial charge in [-0.15, -0.1) is 23.2 Å². The minimum absolute atomic E-state index is 0.133. The van der Waals surface area contributed by atoms with E-state index in [1.165, 1.54) is 12.1 Å². The van der Waals surface area contributed by atoms with Crippen molar-refractivity contribution >= 4 is 92.9 Å². The van der Waals surface area contributed by atoms with Gasteiger partial charge in [0.25, 0.3) is 5.91 Å². The molecule has 1 saturated carbocycles. The van der Waals surface area contributed by atoms with E-state index in [4.69, 9.17) is 63.1 Å². The van der Waals surface area contributed by atoms with Crippen LogP contribution in [0.1, 0.15) is 27.4 Å². The van der Waals surface area contributed by atoms with Gasteiger partial charge in [-0.25, -0.2) is 0 Å². The molecule has 38 heavy (non-hydrogen) atoms. The summed E-state index contributed by atoms with van der Waals surface area (Å²) in [7, 11) is 0. The molecule has 12 heteroatoms. The lowest BCUT2D eigenvalue weighted by Gasteiger charge is -2.13. The lowest BCUT2D eigenvalue weighted by molar-refractivity contribution is -0.135. The van der Waals surface area contributed by atoms with Gasteiger partial charge in [-0.1, -0.05) is 34.8 Å². The number of benzene rings is 3. The van der Waals surface area contributed by atoms with Crippen LogP contribution in [0, 0.1) is 12.8 Å². The van der Waals surface area contributed by atoms with Gasteiger partial charge in [-0.3, -0.25) is 14.4 Å². The van der Waals surface area contributed by atoms with E-state index >= 15 is 0 Å². The summed E-state index contributed by atoms with van der Waals surface area (Å²) in [6, 6.07) is 14.4. The van der Waals surface area contributed by atoms with Crippen LogP contribution in [-0.2, 0) is 9.59 Å². The van der Waals surface area contributed by atoms with Crippen molar-refractivity contribution in [1.82, 2.24) is 0 Å². The second-order valence-corrected chi connectivity index (χ2v) is 11.5. The van der Waals surface area contributed by atoms with Crippen LogP contribution in [0.3, 0.4) is 0 Å². The maximum atomic E-state index is 13.1. The standard InChI is InChI=1S/C26H20Cl5N3O4/c1-12-6-16(32-11-21(35)36)3-5-20(12)34-24(37)18-10-17(2-4-19(18)29)33-25(38)23-22(26(23,30)31)13-7-14(27)9-15(28)8-13/h2-10,22-23,32H,11H2,1H3,(H,33,38)(H,34,37)(H,35,36). The molecule has 0 heterocycles. The van der Waals surface area contributed by atoms with Crippen LogP contribution in [0.15, 0.2) is 54.6 Å². The smallest absolute Gasteiger partial charge is 0.322 e. The highest BCUT2D eigenvalue weighted by Crippen LogP contribution is 2.65. The predicted molar refractivity (Wildman–Crippen MR) is 152 cm³/mol. The number of hydrogen-bond donors (Lipinski definition) is 4. The monoisotopic (exact) mass is 613 g/mol. The minimum atomic E-state index is -1.35. The number of aryl methyl sites for hydroxylation is 1. The Hall–Kier alpha value is -2.68. The molecule has 2 unspecified atom stereocenters. The third-order valence-corrected chi connectivity index (χ3v) is 7.68. The topological polar surface area (TPSA) is 108 Å². The SMILES string of the molecule is Cc1cc(NCC(=O)O)ccc1NC(=O)c1cc(NC(=O)C2C(c3cc(Cl)cc(Cl)c3)C2(Cl)Cl)ccc1Cl. The molecule has 1 aliphatic rings. The van der Waals surface area contributed by atoms with Crippen molar-refractivity contribution in [1.29, 1.82) is 0 Å². The lowest BCUT2D eigenvalue weighted by Crippen LogP contribution is -2.18. The molecule has 1 fully saturated rings. The zero-order chi connectivity index (χ0) is 27.8. The number of rotatable bonds is 8. The van der Waals surface area contributed by atoms with Crippen molar-refractivity contribution in [3.8, 4) is 0 Å². The Morgan fingerprint density at radius 3 is 2.18 bits per heavy atom. The van der Waals surface area contributed by atoms with Gasteiger partial charge in [0.15, 0.2) is 0 Å². The van der Waals surface area contributed by atoms with Crippen LogP contribution in [0.25, 0.3) is 0 Å². The fraction of sp³-hybridized carbons (Fsp3) is 0.192. The van der Waals surface area contributed by atoms with Gasteiger partial charge in [-0.2, -0.15) is 0 Å². The van der Waals surface area contributed by atoms with E-state index < -0.39 is 34.0 Å². The quantitative estimate of drug-likeness (QED) is 0.200. The van der Waals surface area contributed by atoms with Gasteiger partial charge in [0.05, 0.1) is 16.5 Å². The van der Waals surface area contributed by atoms with Gasteiger partial charge < -0.3 is 21.1 Å². The number of nitrogens with one attached hydrogen (secondary N) is 3. The van der Waals surface area contributed by atoms with Crippen LogP contribution in [0.2, 0.25) is 15.1 Å². The van der Waals surface area contributed by atoms with Crippen LogP contribution >= 0.6 is 58.0 Å². The van der Waals surface area contributed by atoms with Gasteiger partial charge in [-0.05, 0) is 72.6 Å². The maximum absolute atomic E-state index is 13.1. The summed E-state index contributed by atoms with van der Waals surface area (Å²) in [4.78, 5) is 36.8.